The van der Waals surface area contributed by atoms with Gasteiger partial charge in [-0.25, -0.2) is 0 Å². The molecule has 1 N–H and O–H groups in total. The number of benzene rings is 1. The Bertz CT molecular complexity index is 546. The van der Waals surface area contributed by atoms with Crippen molar-refractivity contribution in [3.8, 4) is 0 Å². The number of amides is 1. The number of halogens is 3. The normalized spacial score (nSPS) is 17.8. The maximum atomic E-state index is 12.1. The first-order valence-corrected chi connectivity index (χ1v) is 8.78. The van der Waals surface area contributed by atoms with Gasteiger partial charge in [-0.3, -0.25) is 14.6 Å². The van der Waals surface area contributed by atoms with Gasteiger partial charge in [0.05, 0.1) is 0 Å². The van der Waals surface area contributed by atoms with Crippen molar-refractivity contribution >= 4 is 5.91 Å². The van der Waals surface area contributed by atoms with Gasteiger partial charge in [-0.15, -0.1) is 0 Å². The SMILES string of the molecule is CC(OCC(F)(F)F)C(=O)NCCN1CCN(Cc2ccccc2)CC1. The average Bonchev–Trinajstić information content (AvgIpc) is 2.61. The first-order valence-electron chi connectivity index (χ1n) is 8.78. The van der Waals surface area contributed by atoms with Crippen LogP contribution in [-0.4, -0.2) is 73.9 Å². The van der Waals surface area contributed by atoms with Crippen molar-refractivity contribution < 1.29 is 22.7 Å². The van der Waals surface area contributed by atoms with Crippen molar-refractivity contribution in [3.63, 3.8) is 0 Å². The second-order valence-electron chi connectivity index (χ2n) is 6.46. The lowest BCUT2D eigenvalue weighted by atomic mass is 10.2. The summed E-state index contributed by atoms with van der Waals surface area (Å²) in [5.41, 5.74) is 1.29. The summed E-state index contributed by atoms with van der Waals surface area (Å²) in [7, 11) is 0. The molecule has 1 aromatic carbocycles. The van der Waals surface area contributed by atoms with E-state index in [1.165, 1.54) is 12.5 Å². The Hall–Kier alpha value is -1.64. The minimum absolute atomic E-state index is 0.400. The van der Waals surface area contributed by atoms with E-state index in [0.717, 1.165) is 32.7 Å². The Balaban J connectivity index is 1.59. The minimum Gasteiger partial charge on any atom is -0.359 e. The Morgan fingerprint density at radius 2 is 1.77 bits per heavy atom. The van der Waals surface area contributed by atoms with Crippen LogP contribution in [0.15, 0.2) is 30.3 Å². The first-order chi connectivity index (χ1) is 12.3. The van der Waals surface area contributed by atoms with Crippen LogP contribution in [0.25, 0.3) is 0 Å². The molecule has 1 atom stereocenters. The third-order valence-corrected chi connectivity index (χ3v) is 4.31. The first kappa shape index (κ1) is 20.7. The van der Waals surface area contributed by atoms with Crippen LogP contribution in [0, 0.1) is 0 Å². The molecule has 26 heavy (non-hydrogen) atoms. The predicted molar refractivity (Wildman–Crippen MR) is 92.6 cm³/mol. The number of rotatable bonds is 8. The highest BCUT2D eigenvalue weighted by molar-refractivity contribution is 5.80. The number of alkyl halides is 3. The molecule has 1 unspecified atom stereocenters. The van der Waals surface area contributed by atoms with Crippen LogP contribution in [0.4, 0.5) is 13.2 Å². The van der Waals surface area contributed by atoms with Gasteiger partial charge in [0.25, 0.3) is 0 Å². The van der Waals surface area contributed by atoms with Crippen LogP contribution in [0.3, 0.4) is 0 Å². The Labute approximate surface area is 152 Å². The van der Waals surface area contributed by atoms with E-state index >= 15 is 0 Å². The standard InChI is InChI=1S/C18H26F3N3O2/c1-15(26-14-18(19,20)21)17(25)22-7-8-23-9-11-24(12-10-23)13-16-5-3-2-4-6-16/h2-6,15H,7-14H2,1H3,(H,22,25). The van der Waals surface area contributed by atoms with Gasteiger partial charge in [-0.1, -0.05) is 30.3 Å². The van der Waals surface area contributed by atoms with Gasteiger partial charge < -0.3 is 10.1 Å². The number of hydrogen-bond donors (Lipinski definition) is 1. The lowest BCUT2D eigenvalue weighted by Crippen LogP contribution is -2.48. The van der Waals surface area contributed by atoms with Gasteiger partial charge >= 0.3 is 6.18 Å². The highest BCUT2D eigenvalue weighted by Crippen LogP contribution is 2.15. The largest absolute Gasteiger partial charge is 0.411 e. The topological polar surface area (TPSA) is 44.8 Å². The molecule has 0 radical (unpaired) electrons. The van der Waals surface area contributed by atoms with Gasteiger partial charge in [0.2, 0.25) is 5.91 Å². The van der Waals surface area contributed by atoms with Crippen molar-refractivity contribution in [1.29, 1.82) is 0 Å². The summed E-state index contributed by atoms with van der Waals surface area (Å²) in [5.74, 6) is -0.517. The quantitative estimate of drug-likeness (QED) is 0.756. The van der Waals surface area contributed by atoms with E-state index in [1.807, 2.05) is 18.2 Å². The molecule has 0 spiro atoms. The molecule has 1 heterocycles. The molecule has 0 aromatic heterocycles. The summed E-state index contributed by atoms with van der Waals surface area (Å²) in [5, 5.41) is 2.63. The molecule has 5 nitrogen and oxygen atoms in total. The van der Waals surface area contributed by atoms with Gasteiger partial charge in [0.15, 0.2) is 0 Å². The predicted octanol–water partition coefficient (Wildman–Crippen LogP) is 1.89. The molecule has 0 aliphatic carbocycles. The third-order valence-electron chi connectivity index (χ3n) is 4.31. The number of ether oxygens (including phenoxy) is 1. The van der Waals surface area contributed by atoms with E-state index in [-0.39, 0.29) is 0 Å². The van der Waals surface area contributed by atoms with Crippen molar-refractivity contribution in [3.05, 3.63) is 35.9 Å². The van der Waals surface area contributed by atoms with Crippen molar-refractivity contribution in [2.24, 2.45) is 0 Å². The van der Waals surface area contributed by atoms with Crippen LogP contribution in [0.1, 0.15) is 12.5 Å². The fourth-order valence-corrected chi connectivity index (χ4v) is 2.79. The number of carbonyl (C=O) groups is 1. The third kappa shape index (κ3) is 7.72. The van der Waals surface area contributed by atoms with Crippen molar-refractivity contribution in [2.45, 2.75) is 25.7 Å². The highest BCUT2D eigenvalue weighted by Gasteiger charge is 2.29. The molecule has 1 aromatic rings. The number of carbonyl (C=O) groups excluding carboxylic acids is 1. The van der Waals surface area contributed by atoms with Crippen LogP contribution >= 0.6 is 0 Å². The summed E-state index contributed by atoms with van der Waals surface area (Å²) < 4.78 is 40.8. The zero-order chi connectivity index (χ0) is 19.0. The van der Waals surface area contributed by atoms with Crippen LogP contribution in [0.2, 0.25) is 0 Å². The van der Waals surface area contributed by atoms with Crippen molar-refractivity contribution in [2.75, 3.05) is 45.9 Å². The van der Waals surface area contributed by atoms with Gasteiger partial charge in [-0.2, -0.15) is 13.2 Å². The molecule has 1 saturated heterocycles. The van der Waals surface area contributed by atoms with E-state index < -0.39 is 24.8 Å². The number of nitrogens with one attached hydrogen (secondary N) is 1. The van der Waals surface area contributed by atoms with E-state index in [4.69, 9.17) is 0 Å². The van der Waals surface area contributed by atoms with Gasteiger partial charge in [-0.05, 0) is 12.5 Å². The fraction of sp³-hybridized carbons (Fsp3) is 0.611. The monoisotopic (exact) mass is 373 g/mol. The summed E-state index contributed by atoms with van der Waals surface area (Å²) in [4.78, 5) is 16.4. The smallest absolute Gasteiger partial charge is 0.359 e. The Morgan fingerprint density at radius 3 is 2.38 bits per heavy atom. The number of hydrogen-bond acceptors (Lipinski definition) is 4. The number of piperazine rings is 1. The van der Waals surface area contributed by atoms with E-state index in [0.29, 0.717) is 13.1 Å². The van der Waals surface area contributed by atoms with Gasteiger partial charge in [0.1, 0.15) is 12.7 Å². The van der Waals surface area contributed by atoms with E-state index in [2.05, 4.69) is 32.0 Å². The zero-order valence-electron chi connectivity index (χ0n) is 15.0. The molecule has 1 aliphatic rings. The minimum atomic E-state index is -4.42. The lowest BCUT2D eigenvalue weighted by molar-refractivity contribution is -0.185. The summed E-state index contributed by atoms with van der Waals surface area (Å²) in [6.07, 6.45) is -5.53. The molecule has 0 bridgehead atoms. The van der Waals surface area contributed by atoms with Crippen molar-refractivity contribution in [1.82, 2.24) is 15.1 Å². The molecule has 1 fully saturated rings. The van der Waals surface area contributed by atoms with Crippen LogP contribution in [-0.2, 0) is 16.1 Å². The van der Waals surface area contributed by atoms with Crippen LogP contribution in [0.5, 0.6) is 0 Å². The fourth-order valence-electron chi connectivity index (χ4n) is 2.79. The summed E-state index contributed by atoms with van der Waals surface area (Å²) >= 11 is 0. The Kier molecular flexibility index (Phi) is 7.86. The molecule has 1 amide bonds. The second kappa shape index (κ2) is 9.89. The molecule has 2 rings (SSSR count). The highest BCUT2D eigenvalue weighted by atomic mass is 19.4. The molecule has 146 valence electrons. The van der Waals surface area contributed by atoms with Gasteiger partial charge in [0, 0.05) is 45.8 Å². The second-order valence-corrected chi connectivity index (χ2v) is 6.46. The molecule has 1 aliphatic heterocycles. The molecule has 8 heteroatoms. The average molecular weight is 373 g/mol. The maximum absolute atomic E-state index is 12.1. The summed E-state index contributed by atoms with van der Waals surface area (Å²) in [6.45, 7) is 5.63. The molecular formula is C18H26F3N3O2. The Morgan fingerprint density at radius 1 is 1.15 bits per heavy atom. The number of nitrogens with zero attached hydrogens (tertiary/aromatic N) is 2. The maximum Gasteiger partial charge on any atom is 0.411 e. The zero-order valence-corrected chi connectivity index (χ0v) is 15.0. The van der Waals surface area contributed by atoms with E-state index in [9.17, 15) is 18.0 Å². The van der Waals surface area contributed by atoms with Crippen LogP contribution < -0.4 is 5.32 Å². The molecular weight excluding hydrogens is 347 g/mol. The molecule has 0 saturated carbocycles. The van der Waals surface area contributed by atoms with E-state index in [1.54, 1.807) is 0 Å². The summed E-state index contributed by atoms with van der Waals surface area (Å²) in [6, 6.07) is 10.3. The lowest BCUT2D eigenvalue weighted by Gasteiger charge is -2.34.